The highest BCUT2D eigenvalue weighted by atomic mass is 16.5. The van der Waals surface area contributed by atoms with Crippen LogP contribution in [0.4, 0.5) is 0 Å². The maximum absolute atomic E-state index is 5.16. The minimum Gasteiger partial charge on any atom is -0.380 e. The Morgan fingerprint density at radius 2 is 2.00 bits per heavy atom. The predicted octanol–water partition coefficient (Wildman–Crippen LogP) is 2.68. The first-order valence-electron chi connectivity index (χ1n) is 5.85. The number of ether oxygens (including phenoxy) is 1. The molecule has 2 atom stereocenters. The summed E-state index contributed by atoms with van der Waals surface area (Å²) >= 11 is 0. The van der Waals surface area contributed by atoms with E-state index in [0.29, 0.717) is 12.0 Å². The second-order valence-corrected chi connectivity index (χ2v) is 4.59. The van der Waals surface area contributed by atoms with Crippen LogP contribution < -0.4 is 5.32 Å². The van der Waals surface area contributed by atoms with E-state index >= 15 is 0 Å². The molecule has 1 saturated heterocycles. The molecule has 2 unspecified atom stereocenters. The first-order valence-corrected chi connectivity index (χ1v) is 5.85. The number of hydrogen-bond acceptors (Lipinski definition) is 2. The van der Waals surface area contributed by atoms with Gasteiger partial charge < -0.3 is 10.1 Å². The lowest BCUT2D eigenvalue weighted by Crippen LogP contribution is -2.18. The Morgan fingerprint density at radius 1 is 1.36 bits per heavy atom. The van der Waals surface area contributed by atoms with Gasteiger partial charge in [-0.15, -0.1) is 0 Å². The molecule has 0 aromatic heterocycles. The van der Waals surface area contributed by atoms with Gasteiger partial charge in [-0.1, -0.05) is 40.5 Å². The standard InChI is InChI=1S/C6H13NO.C6H14/c1-5-3-7-4-6(5)8-2;1-4-5-6(2)3/h5-7H,3-4H2,1-2H3;6H,4-5H2,1-3H3. The molecule has 0 bridgehead atoms. The lowest BCUT2D eigenvalue weighted by molar-refractivity contribution is 0.0892. The van der Waals surface area contributed by atoms with Crippen molar-refractivity contribution >= 4 is 0 Å². The molecule has 86 valence electrons. The van der Waals surface area contributed by atoms with Crippen LogP contribution in [0, 0.1) is 11.8 Å². The topological polar surface area (TPSA) is 21.3 Å². The van der Waals surface area contributed by atoms with Crippen LogP contribution >= 0.6 is 0 Å². The van der Waals surface area contributed by atoms with E-state index in [1.807, 2.05) is 0 Å². The zero-order valence-electron chi connectivity index (χ0n) is 10.5. The fourth-order valence-corrected chi connectivity index (χ4v) is 1.68. The third kappa shape index (κ3) is 6.39. The van der Waals surface area contributed by atoms with E-state index in [4.69, 9.17) is 4.74 Å². The molecule has 0 aromatic carbocycles. The molecular formula is C12H27NO. The largest absolute Gasteiger partial charge is 0.380 e. The maximum atomic E-state index is 5.16. The van der Waals surface area contributed by atoms with Gasteiger partial charge in [0.1, 0.15) is 0 Å². The third-order valence-electron chi connectivity index (χ3n) is 2.62. The van der Waals surface area contributed by atoms with Crippen LogP contribution in [0.1, 0.15) is 40.5 Å². The highest BCUT2D eigenvalue weighted by Crippen LogP contribution is 2.09. The molecule has 0 amide bonds. The van der Waals surface area contributed by atoms with Gasteiger partial charge in [0.2, 0.25) is 0 Å². The zero-order valence-corrected chi connectivity index (χ0v) is 10.5. The Labute approximate surface area is 89.4 Å². The quantitative estimate of drug-likeness (QED) is 0.758. The van der Waals surface area contributed by atoms with Crippen molar-refractivity contribution in [1.29, 1.82) is 0 Å². The second kappa shape index (κ2) is 8.25. The number of nitrogens with one attached hydrogen (secondary N) is 1. The summed E-state index contributed by atoms with van der Waals surface area (Å²) in [7, 11) is 1.77. The van der Waals surface area contributed by atoms with Crippen LogP contribution in [0.25, 0.3) is 0 Å². The summed E-state index contributed by atoms with van der Waals surface area (Å²) in [5.41, 5.74) is 0. The molecule has 0 spiro atoms. The Morgan fingerprint density at radius 3 is 2.14 bits per heavy atom. The second-order valence-electron chi connectivity index (χ2n) is 4.59. The van der Waals surface area contributed by atoms with Crippen molar-refractivity contribution in [2.75, 3.05) is 20.2 Å². The molecule has 2 nitrogen and oxygen atoms in total. The summed E-state index contributed by atoms with van der Waals surface area (Å²) in [6.45, 7) is 11.1. The van der Waals surface area contributed by atoms with E-state index in [9.17, 15) is 0 Å². The van der Waals surface area contributed by atoms with Gasteiger partial charge in [-0.3, -0.25) is 0 Å². The zero-order chi connectivity index (χ0) is 11.0. The molecule has 0 saturated carbocycles. The fraction of sp³-hybridized carbons (Fsp3) is 1.00. The van der Waals surface area contributed by atoms with Crippen LogP contribution in [0.2, 0.25) is 0 Å². The lowest BCUT2D eigenvalue weighted by atomic mass is 10.1. The molecule has 0 aromatic rings. The van der Waals surface area contributed by atoms with Gasteiger partial charge >= 0.3 is 0 Å². The summed E-state index contributed by atoms with van der Waals surface area (Å²) < 4.78 is 5.16. The molecule has 1 fully saturated rings. The van der Waals surface area contributed by atoms with Crippen molar-refractivity contribution in [3.05, 3.63) is 0 Å². The van der Waals surface area contributed by atoms with E-state index in [0.717, 1.165) is 19.0 Å². The lowest BCUT2D eigenvalue weighted by Gasteiger charge is -2.09. The van der Waals surface area contributed by atoms with Crippen molar-refractivity contribution in [3.63, 3.8) is 0 Å². The van der Waals surface area contributed by atoms with E-state index in [2.05, 4.69) is 33.0 Å². The molecule has 1 N–H and O–H groups in total. The minimum atomic E-state index is 0.454. The average Bonchev–Trinajstić information content (AvgIpc) is 2.51. The van der Waals surface area contributed by atoms with Crippen molar-refractivity contribution in [1.82, 2.24) is 5.32 Å². The third-order valence-corrected chi connectivity index (χ3v) is 2.62. The Kier molecular flexibility index (Phi) is 8.20. The van der Waals surface area contributed by atoms with Crippen LogP contribution in [0.5, 0.6) is 0 Å². The van der Waals surface area contributed by atoms with Gasteiger partial charge in [-0.2, -0.15) is 0 Å². The summed E-state index contributed by atoms with van der Waals surface area (Å²) in [4.78, 5) is 0. The molecule has 0 aliphatic carbocycles. The molecular weight excluding hydrogens is 174 g/mol. The highest BCUT2D eigenvalue weighted by molar-refractivity contribution is 4.77. The SMILES string of the molecule is CCCC(C)C.COC1CNCC1C. The molecule has 2 heteroatoms. The highest BCUT2D eigenvalue weighted by Gasteiger charge is 2.21. The number of methoxy groups -OCH3 is 1. The molecule has 1 heterocycles. The van der Waals surface area contributed by atoms with Crippen molar-refractivity contribution in [2.24, 2.45) is 11.8 Å². The first-order chi connectivity index (χ1) is 6.61. The van der Waals surface area contributed by atoms with Crippen LogP contribution in [-0.2, 0) is 4.74 Å². The average molecular weight is 201 g/mol. The number of hydrogen-bond donors (Lipinski definition) is 1. The van der Waals surface area contributed by atoms with Crippen molar-refractivity contribution in [2.45, 2.75) is 46.6 Å². The number of rotatable bonds is 3. The normalized spacial score (nSPS) is 26.1. The molecule has 1 aliphatic rings. The first kappa shape index (κ1) is 13.9. The van der Waals surface area contributed by atoms with Gasteiger partial charge in [0.25, 0.3) is 0 Å². The molecule has 1 aliphatic heterocycles. The van der Waals surface area contributed by atoms with Gasteiger partial charge in [0, 0.05) is 20.2 Å². The Bertz CT molecular complexity index is 125. The van der Waals surface area contributed by atoms with Crippen LogP contribution in [0.3, 0.4) is 0 Å². The smallest absolute Gasteiger partial charge is 0.0733 e. The van der Waals surface area contributed by atoms with Gasteiger partial charge in [-0.05, 0) is 11.8 Å². The van der Waals surface area contributed by atoms with Gasteiger partial charge in [0.05, 0.1) is 6.10 Å². The van der Waals surface area contributed by atoms with Crippen LogP contribution in [-0.4, -0.2) is 26.3 Å². The van der Waals surface area contributed by atoms with Crippen LogP contribution in [0.15, 0.2) is 0 Å². The van der Waals surface area contributed by atoms with E-state index in [1.165, 1.54) is 12.8 Å². The molecule has 14 heavy (non-hydrogen) atoms. The van der Waals surface area contributed by atoms with Crippen molar-refractivity contribution < 1.29 is 4.74 Å². The summed E-state index contributed by atoms with van der Waals surface area (Å²) in [5.74, 6) is 1.59. The Balaban J connectivity index is 0.000000255. The monoisotopic (exact) mass is 201 g/mol. The summed E-state index contributed by atoms with van der Waals surface area (Å²) in [5, 5.41) is 3.25. The van der Waals surface area contributed by atoms with Gasteiger partial charge in [0.15, 0.2) is 0 Å². The predicted molar refractivity (Wildman–Crippen MR) is 62.6 cm³/mol. The van der Waals surface area contributed by atoms with E-state index in [-0.39, 0.29) is 0 Å². The van der Waals surface area contributed by atoms with E-state index in [1.54, 1.807) is 7.11 Å². The van der Waals surface area contributed by atoms with Crippen molar-refractivity contribution in [3.8, 4) is 0 Å². The summed E-state index contributed by atoms with van der Waals surface area (Å²) in [6.07, 6.45) is 3.16. The maximum Gasteiger partial charge on any atom is 0.0733 e. The van der Waals surface area contributed by atoms with Gasteiger partial charge in [-0.25, -0.2) is 0 Å². The van der Waals surface area contributed by atoms with E-state index < -0.39 is 0 Å². The summed E-state index contributed by atoms with van der Waals surface area (Å²) in [6, 6.07) is 0. The fourth-order valence-electron chi connectivity index (χ4n) is 1.68. The Hall–Kier alpha value is -0.0800. The minimum absolute atomic E-state index is 0.454. The molecule has 0 radical (unpaired) electrons. The molecule has 1 rings (SSSR count).